The molecule has 1 spiro atoms. The molecule has 1 aliphatic heterocycles. The Hall–Kier alpha value is -0.750. The Kier molecular flexibility index (Phi) is 3.63. The fourth-order valence-corrected chi connectivity index (χ4v) is 8.25. The van der Waals surface area contributed by atoms with Gasteiger partial charge in [-0.3, -0.25) is 4.79 Å². The van der Waals surface area contributed by atoms with Gasteiger partial charge in [-0.2, -0.15) is 0 Å². The molecule has 2 bridgehead atoms. The fourth-order valence-electron chi connectivity index (χ4n) is 8.25. The Bertz CT molecular complexity index is 756. The average Bonchev–Trinajstić information content (AvgIpc) is 2.74. The minimum absolute atomic E-state index is 0.0328. The van der Waals surface area contributed by atoms with Crippen LogP contribution in [-0.2, 0) is 14.3 Å². The smallest absolute Gasteiger partial charge is 0.170 e. The van der Waals surface area contributed by atoms with Crippen molar-refractivity contribution in [1.29, 1.82) is 0 Å². The monoisotopic (exact) mass is 390 g/mol. The van der Waals surface area contributed by atoms with E-state index in [1.807, 2.05) is 13.8 Å². The Labute approximate surface area is 167 Å². The molecule has 2 N–H and O–H groups in total. The van der Waals surface area contributed by atoms with Crippen molar-refractivity contribution in [3.63, 3.8) is 0 Å². The molecule has 0 unspecified atom stereocenters. The molecule has 5 aliphatic rings. The standard InChI is InChI=1S/C23H34O5/c1-11-17-12(24)9-14-22(6)8-7-15(25)20(2,3)13(22)10-16-23(14,18(11)26)19(17)28-21(4,5)27-16/h12-17,19,24-25H,1,7-10H2,2-6H3/t12-,13+,14-,15+,16+,17+,19+,22+,23-/m0/s1. The van der Waals surface area contributed by atoms with Gasteiger partial charge in [-0.15, -0.1) is 0 Å². The molecule has 1 heterocycles. The lowest BCUT2D eigenvalue weighted by Crippen LogP contribution is -2.73. The first-order valence-electron chi connectivity index (χ1n) is 10.8. The number of Topliss-reactive ketones (excluding diaryl/α,β-unsaturated/α-hetero) is 1. The molecule has 0 aromatic heterocycles. The highest BCUT2D eigenvalue weighted by molar-refractivity contribution is 6.05. The van der Waals surface area contributed by atoms with E-state index in [4.69, 9.17) is 9.47 Å². The number of rotatable bonds is 0. The number of ether oxygens (including phenoxy) is 2. The van der Waals surface area contributed by atoms with Crippen LogP contribution in [0.5, 0.6) is 0 Å². The van der Waals surface area contributed by atoms with Gasteiger partial charge in [0.05, 0.1) is 29.8 Å². The van der Waals surface area contributed by atoms with E-state index in [9.17, 15) is 15.0 Å². The van der Waals surface area contributed by atoms with Gasteiger partial charge in [-0.25, -0.2) is 0 Å². The molecular formula is C23H34O5. The van der Waals surface area contributed by atoms with Gasteiger partial charge in [0.15, 0.2) is 11.6 Å². The third kappa shape index (κ3) is 1.95. The number of hydrogen-bond acceptors (Lipinski definition) is 5. The van der Waals surface area contributed by atoms with Gasteiger partial charge < -0.3 is 19.7 Å². The van der Waals surface area contributed by atoms with Gasteiger partial charge in [0, 0.05) is 5.92 Å². The Balaban J connectivity index is 1.73. The molecule has 5 rings (SSSR count). The molecule has 156 valence electrons. The van der Waals surface area contributed by atoms with Gasteiger partial charge >= 0.3 is 0 Å². The minimum Gasteiger partial charge on any atom is -0.393 e. The lowest BCUT2D eigenvalue weighted by molar-refractivity contribution is -0.387. The number of aliphatic hydroxyl groups excluding tert-OH is 2. The highest BCUT2D eigenvalue weighted by Gasteiger charge is 2.78. The van der Waals surface area contributed by atoms with Crippen molar-refractivity contribution in [3.05, 3.63) is 12.2 Å². The Morgan fingerprint density at radius 2 is 1.71 bits per heavy atom. The van der Waals surface area contributed by atoms with E-state index in [1.165, 1.54) is 0 Å². The van der Waals surface area contributed by atoms with E-state index in [0.29, 0.717) is 12.0 Å². The zero-order valence-electron chi connectivity index (χ0n) is 17.7. The predicted molar refractivity (Wildman–Crippen MR) is 103 cm³/mol. The van der Waals surface area contributed by atoms with Gasteiger partial charge in [-0.05, 0) is 67.8 Å². The van der Waals surface area contributed by atoms with Crippen LogP contribution in [-0.4, -0.2) is 46.2 Å². The zero-order valence-corrected chi connectivity index (χ0v) is 17.7. The zero-order chi connectivity index (χ0) is 20.4. The lowest BCUT2D eigenvalue weighted by Gasteiger charge is -2.69. The molecule has 4 aliphatic carbocycles. The van der Waals surface area contributed by atoms with E-state index in [2.05, 4.69) is 27.4 Å². The van der Waals surface area contributed by atoms with Crippen LogP contribution in [0.1, 0.15) is 60.3 Å². The summed E-state index contributed by atoms with van der Waals surface area (Å²) in [4.78, 5) is 13.7. The summed E-state index contributed by atoms with van der Waals surface area (Å²) in [7, 11) is 0. The van der Waals surface area contributed by atoms with Crippen LogP contribution < -0.4 is 0 Å². The highest BCUT2D eigenvalue weighted by atomic mass is 16.7. The maximum atomic E-state index is 13.7. The van der Waals surface area contributed by atoms with E-state index < -0.39 is 17.3 Å². The molecule has 5 fully saturated rings. The van der Waals surface area contributed by atoms with Crippen molar-refractivity contribution in [2.75, 3.05) is 0 Å². The summed E-state index contributed by atoms with van der Waals surface area (Å²) >= 11 is 0. The number of carbonyl (C=O) groups excluding carboxylic acids is 1. The Morgan fingerprint density at radius 1 is 1.04 bits per heavy atom. The number of ketones is 1. The molecule has 0 aromatic rings. The first kappa shape index (κ1) is 19.2. The first-order chi connectivity index (χ1) is 12.9. The van der Waals surface area contributed by atoms with E-state index >= 15 is 0 Å². The van der Waals surface area contributed by atoms with Crippen LogP contribution in [0, 0.1) is 34.0 Å². The molecule has 5 nitrogen and oxygen atoms in total. The molecule has 9 atom stereocenters. The van der Waals surface area contributed by atoms with Gasteiger partial charge in [-0.1, -0.05) is 27.4 Å². The van der Waals surface area contributed by atoms with Crippen molar-refractivity contribution in [2.45, 2.75) is 90.5 Å². The maximum absolute atomic E-state index is 13.7. The molecular weight excluding hydrogens is 356 g/mol. The summed E-state index contributed by atoms with van der Waals surface area (Å²) in [5.74, 6) is -0.918. The lowest BCUT2D eigenvalue weighted by atomic mass is 9.39. The molecule has 0 radical (unpaired) electrons. The molecule has 1 saturated heterocycles. The predicted octanol–water partition coefficient (Wildman–Crippen LogP) is 2.84. The molecule has 28 heavy (non-hydrogen) atoms. The van der Waals surface area contributed by atoms with Crippen molar-refractivity contribution >= 4 is 5.78 Å². The SMILES string of the molecule is C=C1C(=O)[C@@]23[C@@H]4OC(C)(C)O[C@@H]2C[C@@H]2C(C)(C)[C@H](O)CC[C@@]2(C)[C@@H]3C[C@H](O)[C@@H]14. The van der Waals surface area contributed by atoms with Crippen LogP contribution in [0.2, 0.25) is 0 Å². The van der Waals surface area contributed by atoms with Gasteiger partial charge in [0.25, 0.3) is 0 Å². The van der Waals surface area contributed by atoms with Crippen molar-refractivity contribution in [3.8, 4) is 0 Å². The van der Waals surface area contributed by atoms with Crippen LogP contribution in [0.3, 0.4) is 0 Å². The third-order valence-corrected chi connectivity index (χ3v) is 9.48. The maximum Gasteiger partial charge on any atom is 0.170 e. The second-order valence-corrected chi connectivity index (χ2v) is 11.4. The van der Waals surface area contributed by atoms with Gasteiger partial charge in [0.2, 0.25) is 0 Å². The first-order valence-corrected chi connectivity index (χ1v) is 10.8. The van der Waals surface area contributed by atoms with Crippen LogP contribution in [0.25, 0.3) is 0 Å². The molecule has 4 saturated carbocycles. The second kappa shape index (κ2) is 5.29. The topological polar surface area (TPSA) is 76.0 Å². The summed E-state index contributed by atoms with van der Waals surface area (Å²) in [5.41, 5.74) is -0.655. The molecule has 5 heteroatoms. The molecule has 0 aromatic carbocycles. The summed E-state index contributed by atoms with van der Waals surface area (Å²) in [6.45, 7) is 14.5. The average molecular weight is 391 g/mol. The molecule has 0 amide bonds. The quantitative estimate of drug-likeness (QED) is 0.622. The van der Waals surface area contributed by atoms with Gasteiger partial charge in [0.1, 0.15) is 0 Å². The number of aliphatic hydroxyl groups is 2. The van der Waals surface area contributed by atoms with Crippen LogP contribution in [0.4, 0.5) is 0 Å². The fraction of sp³-hybridized carbons (Fsp3) is 0.870. The largest absolute Gasteiger partial charge is 0.393 e. The summed E-state index contributed by atoms with van der Waals surface area (Å²) in [6, 6.07) is 0. The number of carbonyl (C=O) groups is 1. The number of hydrogen-bond donors (Lipinski definition) is 2. The van der Waals surface area contributed by atoms with E-state index in [1.54, 1.807) is 0 Å². The van der Waals surface area contributed by atoms with E-state index in [0.717, 1.165) is 19.3 Å². The van der Waals surface area contributed by atoms with E-state index in [-0.39, 0.29) is 52.7 Å². The van der Waals surface area contributed by atoms with Crippen LogP contribution in [0.15, 0.2) is 12.2 Å². The van der Waals surface area contributed by atoms with Crippen LogP contribution >= 0.6 is 0 Å². The summed E-state index contributed by atoms with van der Waals surface area (Å²) < 4.78 is 12.9. The normalized spacial score (nSPS) is 56.2. The minimum atomic E-state index is -0.811. The second-order valence-electron chi connectivity index (χ2n) is 11.4. The summed E-state index contributed by atoms with van der Waals surface area (Å²) in [5, 5.41) is 21.9. The summed E-state index contributed by atoms with van der Waals surface area (Å²) in [6.07, 6.45) is 1.27. The Morgan fingerprint density at radius 3 is 2.39 bits per heavy atom. The van der Waals surface area contributed by atoms with Crippen molar-refractivity contribution < 1.29 is 24.5 Å². The highest BCUT2D eigenvalue weighted by Crippen LogP contribution is 2.73. The van der Waals surface area contributed by atoms with Crippen molar-refractivity contribution in [1.82, 2.24) is 0 Å². The van der Waals surface area contributed by atoms with Crippen molar-refractivity contribution in [2.24, 2.45) is 34.0 Å². The third-order valence-electron chi connectivity index (χ3n) is 9.48. The number of fused-ring (bicyclic) bond motifs is 2.